The SMILES string of the molecule is Cc1cn(Cc2ccc(N)c(F)c2)cn1. The van der Waals surface area contributed by atoms with Crippen LogP contribution < -0.4 is 5.73 Å². The average Bonchev–Trinajstić information content (AvgIpc) is 2.58. The van der Waals surface area contributed by atoms with Crippen LogP contribution in [-0.2, 0) is 6.54 Å². The Morgan fingerprint density at radius 1 is 1.47 bits per heavy atom. The van der Waals surface area contributed by atoms with Crippen molar-refractivity contribution in [1.82, 2.24) is 9.55 Å². The molecule has 0 radical (unpaired) electrons. The maximum atomic E-state index is 13.1. The number of benzene rings is 1. The van der Waals surface area contributed by atoms with E-state index < -0.39 is 0 Å². The Labute approximate surface area is 87.4 Å². The highest BCUT2D eigenvalue weighted by molar-refractivity contribution is 5.41. The standard InChI is InChI=1S/C11H12FN3/c1-8-5-15(7-14-8)6-9-2-3-11(13)10(12)4-9/h2-5,7H,6,13H2,1H3. The number of aryl methyl sites for hydroxylation is 1. The minimum absolute atomic E-state index is 0.181. The van der Waals surface area contributed by atoms with Gasteiger partial charge >= 0.3 is 0 Å². The van der Waals surface area contributed by atoms with Crippen molar-refractivity contribution >= 4 is 5.69 Å². The smallest absolute Gasteiger partial charge is 0.146 e. The zero-order valence-electron chi connectivity index (χ0n) is 8.44. The molecule has 0 aliphatic carbocycles. The number of hydrogen-bond donors (Lipinski definition) is 1. The molecule has 1 aromatic heterocycles. The molecule has 0 unspecified atom stereocenters. The highest BCUT2D eigenvalue weighted by atomic mass is 19.1. The van der Waals surface area contributed by atoms with E-state index in [1.165, 1.54) is 6.07 Å². The van der Waals surface area contributed by atoms with Crippen molar-refractivity contribution in [1.29, 1.82) is 0 Å². The van der Waals surface area contributed by atoms with E-state index in [1.54, 1.807) is 12.4 Å². The molecule has 2 rings (SSSR count). The number of aromatic nitrogens is 2. The van der Waals surface area contributed by atoms with Crippen LogP contribution in [0.3, 0.4) is 0 Å². The van der Waals surface area contributed by atoms with E-state index in [4.69, 9.17) is 5.73 Å². The second-order valence-corrected chi connectivity index (χ2v) is 3.54. The summed E-state index contributed by atoms with van der Waals surface area (Å²) in [5.74, 6) is -0.371. The van der Waals surface area contributed by atoms with Gasteiger partial charge in [-0.1, -0.05) is 6.07 Å². The van der Waals surface area contributed by atoms with Gasteiger partial charge in [-0.3, -0.25) is 0 Å². The van der Waals surface area contributed by atoms with E-state index in [9.17, 15) is 4.39 Å². The minimum atomic E-state index is -0.371. The summed E-state index contributed by atoms with van der Waals surface area (Å²) in [6.45, 7) is 2.53. The number of hydrogen-bond acceptors (Lipinski definition) is 2. The zero-order valence-corrected chi connectivity index (χ0v) is 8.44. The van der Waals surface area contributed by atoms with Crippen molar-refractivity contribution in [3.63, 3.8) is 0 Å². The maximum Gasteiger partial charge on any atom is 0.146 e. The molecule has 0 spiro atoms. The van der Waals surface area contributed by atoms with Gasteiger partial charge in [-0.05, 0) is 24.6 Å². The molecule has 1 heterocycles. The summed E-state index contributed by atoms with van der Waals surface area (Å²) in [5, 5.41) is 0. The molecule has 0 fully saturated rings. The molecular formula is C11H12FN3. The summed E-state index contributed by atoms with van der Waals surface area (Å²) >= 11 is 0. The second-order valence-electron chi connectivity index (χ2n) is 3.54. The summed E-state index contributed by atoms with van der Waals surface area (Å²) < 4.78 is 15.0. The molecule has 0 aliphatic heterocycles. The van der Waals surface area contributed by atoms with Crippen LogP contribution in [0.1, 0.15) is 11.3 Å². The molecule has 0 aliphatic rings. The van der Waals surface area contributed by atoms with Gasteiger partial charge in [0.05, 0.1) is 17.7 Å². The minimum Gasteiger partial charge on any atom is -0.396 e. The van der Waals surface area contributed by atoms with Crippen LogP contribution in [-0.4, -0.2) is 9.55 Å². The Kier molecular flexibility index (Phi) is 2.41. The number of halogens is 1. The first-order chi connectivity index (χ1) is 7.15. The number of anilines is 1. The fourth-order valence-electron chi connectivity index (χ4n) is 1.44. The Morgan fingerprint density at radius 2 is 2.27 bits per heavy atom. The van der Waals surface area contributed by atoms with Gasteiger partial charge in [-0.2, -0.15) is 0 Å². The molecule has 0 saturated heterocycles. The predicted molar refractivity (Wildman–Crippen MR) is 56.9 cm³/mol. The molecule has 1 aromatic carbocycles. The number of nitrogens with two attached hydrogens (primary N) is 1. The van der Waals surface area contributed by atoms with E-state index in [1.807, 2.05) is 23.8 Å². The lowest BCUT2D eigenvalue weighted by Gasteiger charge is -2.03. The summed E-state index contributed by atoms with van der Waals surface area (Å²) in [6, 6.07) is 4.84. The van der Waals surface area contributed by atoms with Gasteiger partial charge in [0.15, 0.2) is 0 Å². The lowest BCUT2D eigenvalue weighted by molar-refractivity contribution is 0.628. The van der Waals surface area contributed by atoms with Crippen LogP contribution in [0, 0.1) is 12.7 Å². The first-order valence-corrected chi connectivity index (χ1v) is 4.67. The largest absolute Gasteiger partial charge is 0.396 e. The molecule has 15 heavy (non-hydrogen) atoms. The van der Waals surface area contributed by atoms with Crippen molar-refractivity contribution < 1.29 is 4.39 Å². The summed E-state index contributed by atoms with van der Waals surface area (Å²) in [6.07, 6.45) is 3.64. The van der Waals surface area contributed by atoms with Crippen LogP contribution in [0.2, 0.25) is 0 Å². The van der Waals surface area contributed by atoms with Gasteiger partial charge in [-0.15, -0.1) is 0 Å². The first kappa shape index (κ1) is 9.71. The highest BCUT2D eigenvalue weighted by Gasteiger charge is 2.01. The maximum absolute atomic E-state index is 13.1. The quantitative estimate of drug-likeness (QED) is 0.761. The molecule has 0 bridgehead atoms. The fraction of sp³-hybridized carbons (Fsp3) is 0.182. The summed E-state index contributed by atoms with van der Waals surface area (Å²) in [5.41, 5.74) is 7.40. The topological polar surface area (TPSA) is 43.8 Å². The molecular weight excluding hydrogens is 193 g/mol. The number of nitrogen functional groups attached to an aromatic ring is 1. The van der Waals surface area contributed by atoms with E-state index in [0.29, 0.717) is 6.54 Å². The van der Waals surface area contributed by atoms with Gasteiger partial charge in [-0.25, -0.2) is 9.37 Å². The van der Waals surface area contributed by atoms with E-state index in [2.05, 4.69) is 4.98 Å². The van der Waals surface area contributed by atoms with Crippen LogP contribution >= 0.6 is 0 Å². The molecule has 2 aromatic rings. The highest BCUT2D eigenvalue weighted by Crippen LogP contribution is 2.13. The lowest BCUT2D eigenvalue weighted by atomic mass is 10.2. The fourth-order valence-corrected chi connectivity index (χ4v) is 1.44. The second kappa shape index (κ2) is 3.73. The lowest BCUT2D eigenvalue weighted by Crippen LogP contribution is -1.98. The van der Waals surface area contributed by atoms with Crippen molar-refractivity contribution in [2.75, 3.05) is 5.73 Å². The van der Waals surface area contributed by atoms with Crippen molar-refractivity contribution in [2.24, 2.45) is 0 Å². The predicted octanol–water partition coefficient (Wildman–Crippen LogP) is 1.96. The van der Waals surface area contributed by atoms with E-state index >= 15 is 0 Å². The van der Waals surface area contributed by atoms with Gasteiger partial charge < -0.3 is 10.3 Å². The third-order valence-corrected chi connectivity index (χ3v) is 2.19. The van der Waals surface area contributed by atoms with E-state index in [0.717, 1.165) is 11.3 Å². The number of rotatable bonds is 2. The first-order valence-electron chi connectivity index (χ1n) is 4.67. The van der Waals surface area contributed by atoms with Crippen LogP contribution in [0.15, 0.2) is 30.7 Å². The average molecular weight is 205 g/mol. The van der Waals surface area contributed by atoms with E-state index in [-0.39, 0.29) is 11.5 Å². The Hall–Kier alpha value is -1.84. The summed E-state index contributed by atoms with van der Waals surface area (Å²) in [7, 11) is 0. The molecule has 3 nitrogen and oxygen atoms in total. The van der Waals surface area contributed by atoms with Gasteiger partial charge in [0, 0.05) is 12.7 Å². The molecule has 0 amide bonds. The van der Waals surface area contributed by atoms with Crippen LogP contribution in [0.25, 0.3) is 0 Å². The number of nitrogens with zero attached hydrogens (tertiary/aromatic N) is 2. The summed E-state index contributed by atoms with van der Waals surface area (Å²) in [4.78, 5) is 4.10. The van der Waals surface area contributed by atoms with Crippen LogP contribution in [0.5, 0.6) is 0 Å². The van der Waals surface area contributed by atoms with Crippen molar-refractivity contribution in [3.05, 3.63) is 47.8 Å². The van der Waals surface area contributed by atoms with Gasteiger partial charge in [0.25, 0.3) is 0 Å². The Bertz CT molecular complexity index is 476. The normalized spacial score (nSPS) is 10.5. The monoisotopic (exact) mass is 205 g/mol. The molecule has 0 saturated carbocycles. The van der Waals surface area contributed by atoms with Gasteiger partial charge in [0.2, 0.25) is 0 Å². The van der Waals surface area contributed by atoms with Gasteiger partial charge in [0.1, 0.15) is 5.82 Å². The third kappa shape index (κ3) is 2.15. The van der Waals surface area contributed by atoms with Crippen molar-refractivity contribution in [2.45, 2.75) is 13.5 Å². The molecule has 0 atom stereocenters. The Morgan fingerprint density at radius 3 is 2.87 bits per heavy atom. The van der Waals surface area contributed by atoms with Crippen molar-refractivity contribution in [3.8, 4) is 0 Å². The number of imidazole rings is 1. The molecule has 4 heteroatoms. The molecule has 2 N–H and O–H groups in total. The Balaban J connectivity index is 2.21. The third-order valence-electron chi connectivity index (χ3n) is 2.19. The van der Waals surface area contributed by atoms with Crippen LogP contribution in [0.4, 0.5) is 10.1 Å². The molecule has 78 valence electrons. The zero-order chi connectivity index (χ0) is 10.8.